The molecule has 0 bridgehead atoms. The highest BCUT2D eigenvalue weighted by Gasteiger charge is 2.28. The van der Waals surface area contributed by atoms with Crippen LogP contribution < -0.4 is 5.73 Å². The molecule has 1 unspecified atom stereocenters. The van der Waals surface area contributed by atoms with E-state index in [1.54, 1.807) is 23.8 Å². The van der Waals surface area contributed by atoms with Gasteiger partial charge in [0, 0.05) is 36.9 Å². The molecule has 2 N–H and O–H groups in total. The molecule has 1 saturated heterocycles. The predicted molar refractivity (Wildman–Crippen MR) is 80.9 cm³/mol. The first kappa shape index (κ1) is 14.1. The van der Waals surface area contributed by atoms with Crippen LogP contribution in [0.15, 0.2) is 23.8 Å². The summed E-state index contributed by atoms with van der Waals surface area (Å²) in [6, 6.07) is 1.88. The van der Waals surface area contributed by atoms with Crippen molar-refractivity contribution in [2.75, 3.05) is 13.1 Å². The zero-order valence-electron chi connectivity index (χ0n) is 11.6. The van der Waals surface area contributed by atoms with Gasteiger partial charge in [-0.25, -0.2) is 15.0 Å². The smallest absolute Gasteiger partial charge is 0.273 e. The maximum absolute atomic E-state index is 12.6. The number of thiazole rings is 1. The van der Waals surface area contributed by atoms with Crippen LogP contribution in [0.3, 0.4) is 0 Å². The lowest BCUT2D eigenvalue weighted by Gasteiger charge is -2.34. The summed E-state index contributed by atoms with van der Waals surface area (Å²) in [5.41, 5.74) is 6.24. The summed E-state index contributed by atoms with van der Waals surface area (Å²) in [5, 5.41) is 2.44. The summed E-state index contributed by atoms with van der Waals surface area (Å²) in [4.78, 5) is 27.1. The Kier molecular flexibility index (Phi) is 4.21. The summed E-state index contributed by atoms with van der Waals surface area (Å²) in [6.45, 7) is 1.26. The first-order chi connectivity index (χ1) is 10.3. The van der Waals surface area contributed by atoms with Gasteiger partial charge in [0.05, 0.1) is 0 Å². The number of aromatic nitrogens is 3. The molecule has 1 aliphatic heterocycles. The number of hydrogen-bond acceptors (Lipinski definition) is 6. The number of carbonyl (C=O) groups excluding carboxylic acids is 1. The Hall–Kier alpha value is -1.86. The lowest BCUT2D eigenvalue weighted by molar-refractivity contribution is 0.0618. The lowest BCUT2D eigenvalue weighted by Crippen LogP contribution is -2.47. The lowest BCUT2D eigenvalue weighted by atomic mass is 10.0. The fourth-order valence-electron chi connectivity index (χ4n) is 2.54. The van der Waals surface area contributed by atoms with Crippen molar-refractivity contribution in [3.8, 4) is 10.8 Å². The molecule has 2 aromatic rings. The third-order valence-corrected chi connectivity index (χ3v) is 4.48. The van der Waals surface area contributed by atoms with Crippen LogP contribution in [0.5, 0.6) is 0 Å². The Labute approximate surface area is 127 Å². The van der Waals surface area contributed by atoms with E-state index < -0.39 is 0 Å². The Morgan fingerprint density at radius 1 is 1.38 bits per heavy atom. The van der Waals surface area contributed by atoms with Gasteiger partial charge in [-0.05, 0) is 25.3 Å². The molecule has 0 aliphatic carbocycles. The van der Waals surface area contributed by atoms with E-state index in [4.69, 9.17) is 5.73 Å². The van der Waals surface area contributed by atoms with Crippen LogP contribution in [0.4, 0.5) is 0 Å². The highest BCUT2D eigenvalue weighted by Crippen LogP contribution is 2.23. The van der Waals surface area contributed by atoms with Crippen LogP contribution in [-0.2, 0) is 0 Å². The fourth-order valence-corrected chi connectivity index (χ4v) is 3.28. The second kappa shape index (κ2) is 6.28. The molecule has 6 nitrogen and oxygen atoms in total. The Morgan fingerprint density at radius 3 is 2.95 bits per heavy atom. The van der Waals surface area contributed by atoms with Crippen LogP contribution in [0.1, 0.15) is 29.8 Å². The maximum atomic E-state index is 12.6. The summed E-state index contributed by atoms with van der Waals surface area (Å²) >= 11 is 1.39. The van der Waals surface area contributed by atoms with E-state index in [9.17, 15) is 4.79 Å². The van der Waals surface area contributed by atoms with Gasteiger partial charge in [-0.15, -0.1) is 11.3 Å². The second-order valence-corrected chi connectivity index (χ2v) is 5.85. The van der Waals surface area contributed by atoms with Crippen molar-refractivity contribution in [3.05, 3.63) is 29.5 Å². The number of rotatable bonds is 3. The van der Waals surface area contributed by atoms with Gasteiger partial charge in [0.1, 0.15) is 5.69 Å². The number of amides is 1. The number of likely N-dealkylation sites (tertiary alicyclic amines) is 1. The van der Waals surface area contributed by atoms with Crippen molar-refractivity contribution >= 4 is 17.2 Å². The number of nitrogens with zero attached hydrogens (tertiary/aromatic N) is 4. The number of piperidine rings is 1. The maximum Gasteiger partial charge on any atom is 0.273 e. The summed E-state index contributed by atoms with van der Waals surface area (Å²) in [6.07, 6.45) is 6.47. The van der Waals surface area contributed by atoms with Crippen molar-refractivity contribution < 1.29 is 4.79 Å². The average molecular weight is 303 g/mol. The minimum absolute atomic E-state index is 0.0384. The number of nitrogens with two attached hydrogens (primary N) is 1. The van der Waals surface area contributed by atoms with E-state index in [0.717, 1.165) is 25.8 Å². The Balaban J connectivity index is 1.81. The van der Waals surface area contributed by atoms with Crippen molar-refractivity contribution in [1.29, 1.82) is 0 Å². The topological polar surface area (TPSA) is 85.0 Å². The molecule has 2 aromatic heterocycles. The fraction of sp³-hybridized carbons (Fsp3) is 0.429. The third kappa shape index (κ3) is 2.93. The first-order valence-electron chi connectivity index (χ1n) is 7.03. The minimum atomic E-state index is -0.0384. The minimum Gasteiger partial charge on any atom is -0.333 e. The quantitative estimate of drug-likeness (QED) is 0.930. The number of hydrogen-bond donors (Lipinski definition) is 1. The molecule has 1 fully saturated rings. The highest BCUT2D eigenvalue weighted by atomic mass is 32.1. The van der Waals surface area contributed by atoms with Crippen LogP contribution >= 0.6 is 11.3 Å². The van der Waals surface area contributed by atoms with Gasteiger partial charge in [0.2, 0.25) is 0 Å². The zero-order chi connectivity index (χ0) is 14.7. The highest BCUT2D eigenvalue weighted by molar-refractivity contribution is 7.13. The third-order valence-electron chi connectivity index (χ3n) is 3.64. The van der Waals surface area contributed by atoms with E-state index in [0.29, 0.717) is 23.1 Å². The van der Waals surface area contributed by atoms with Crippen molar-refractivity contribution in [1.82, 2.24) is 19.9 Å². The molecule has 110 valence electrons. The molecule has 0 aromatic carbocycles. The molecule has 3 heterocycles. The van der Waals surface area contributed by atoms with Crippen LogP contribution in [0, 0.1) is 0 Å². The summed E-state index contributed by atoms with van der Waals surface area (Å²) in [5.74, 6) is 0.513. The number of carbonyl (C=O) groups is 1. The standard InChI is InChI=1S/C14H17N5OS/c15-8-10-4-1-2-7-19(10)14(20)11-9-21-13(18-11)12-16-5-3-6-17-12/h3,5-6,9-10H,1-2,4,7-8,15H2. The SMILES string of the molecule is NCC1CCCCN1C(=O)c1csc(-c2ncccn2)n1. The van der Waals surface area contributed by atoms with Gasteiger partial charge >= 0.3 is 0 Å². The van der Waals surface area contributed by atoms with Gasteiger partial charge in [0.25, 0.3) is 5.91 Å². The monoisotopic (exact) mass is 303 g/mol. The molecule has 7 heteroatoms. The van der Waals surface area contributed by atoms with Gasteiger partial charge in [0.15, 0.2) is 10.8 Å². The van der Waals surface area contributed by atoms with Crippen molar-refractivity contribution in [2.24, 2.45) is 5.73 Å². The Bertz CT molecular complexity index is 615. The molecule has 1 atom stereocenters. The van der Waals surface area contributed by atoms with E-state index >= 15 is 0 Å². The molecule has 0 saturated carbocycles. The normalized spacial score (nSPS) is 18.7. The van der Waals surface area contributed by atoms with Crippen molar-refractivity contribution in [3.63, 3.8) is 0 Å². The van der Waals surface area contributed by atoms with Gasteiger partial charge in [-0.2, -0.15) is 0 Å². The van der Waals surface area contributed by atoms with Crippen LogP contribution in [-0.4, -0.2) is 44.9 Å². The zero-order valence-corrected chi connectivity index (χ0v) is 12.4. The summed E-state index contributed by atoms with van der Waals surface area (Å²) < 4.78 is 0. The van der Waals surface area contributed by atoms with E-state index in [-0.39, 0.29) is 11.9 Å². The first-order valence-corrected chi connectivity index (χ1v) is 7.91. The Morgan fingerprint density at radius 2 is 2.19 bits per heavy atom. The molecule has 1 aliphatic rings. The molecular formula is C14H17N5OS. The molecule has 21 heavy (non-hydrogen) atoms. The van der Waals surface area contributed by atoms with E-state index in [1.165, 1.54) is 11.3 Å². The molecule has 0 radical (unpaired) electrons. The molecular weight excluding hydrogens is 286 g/mol. The second-order valence-electron chi connectivity index (χ2n) is 4.99. The molecule has 1 amide bonds. The molecule has 0 spiro atoms. The van der Waals surface area contributed by atoms with E-state index in [2.05, 4.69) is 15.0 Å². The average Bonchev–Trinajstić information content (AvgIpc) is 3.05. The van der Waals surface area contributed by atoms with E-state index in [1.807, 2.05) is 4.90 Å². The van der Waals surface area contributed by atoms with Crippen molar-refractivity contribution in [2.45, 2.75) is 25.3 Å². The summed E-state index contributed by atoms with van der Waals surface area (Å²) in [7, 11) is 0. The van der Waals surface area contributed by atoms with Gasteiger partial charge in [-0.1, -0.05) is 0 Å². The molecule has 3 rings (SSSR count). The van der Waals surface area contributed by atoms with Gasteiger partial charge < -0.3 is 10.6 Å². The predicted octanol–water partition coefficient (Wildman–Crippen LogP) is 1.55. The van der Waals surface area contributed by atoms with Crippen LogP contribution in [0.25, 0.3) is 10.8 Å². The van der Waals surface area contributed by atoms with Gasteiger partial charge in [-0.3, -0.25) is 4.79 Å². The van der Waals surface area contributed by atoms with Crippen LogP contribution in [0.2, 0.25) is 0 Å². The largest absolute Gasteiger partial charge is 0.333 e.